The first-order chi connectivity index (χ1) is 11.5. The molecule has 1 heterocycles. The maximum absolute atomic E-state index is 11.7. The molecule has 3 atom stereocenters. The first kappa shape index (κ1) is 19.2. The number of carbonyl (C=O) groups excluding carboxylic acids is 1. The van der Waals surface area contributed by atoms with Crippen molar-refractivity contribution in [3.8, 4) is 0 Å². The van der Waals surface area contributed by atoms with Crippen molar-refractivity contribution in [1.29, 1.82) is 0 Å². The third kappa shape index (κ3) is 5.44. The predicted octanol–water partition coefficient (Wildman–Crippen LogP) is 2.45. The third-order valence-electron chi connectivity index (χ3n) is 5.17. The Morgan fingerprint density at radius 1 is 1.25 bits per heavy atom. The van der Waals surface area contributed by atoms with Crippen LogP contribution in [0.4, 0.5) is 0 Å². The van der Waals surface area contributed by atoms with Gasteiger partial charge in [0.05, 0.1) is 6.04 Å². The van der Waals surface area contributed by atoms with E-state index in [1.165, 1.54) is 30.4 Å². The summed E-state index contributed by atoms with van der Waals surface area (Å²) in [5.41, 5.74) is 2.53. The molecule has 1 N–H and O–H groups in total. The minimum atomic E-state index is -0.182. The van der Waals surface area contributed by atoms with Crippen molar-refractivity contribution in [1.82, 2.24) is 10.1 Å². The van der Waals surface area contributed by atoms with E-state index in [4.69, 9.17) is 4.65 Å². The highest BCUT2D eigenvalue weighted by atomic mass is 16.4. The molecule has 132 valence electrons. The highest BCUT2D eigenvalue weighted by Crippen LogP contribution is 2.24. The lowest BCUT2D eigenvalue weighted by molar-refractivity contribution is -0.118. The molecule has 0 radical (unpaired) electrons. The van der Waals surface area contributed by atoms with E-state index in [0.29, 0.717) is 26.1 Å². The topological polar surface area (TPSA) is 41.6 Å². The lowest BCUT2D eigenvalue weighted by Crippen LogP contribution is -2.42. The Labute approximate surface area is 147 Å². The third-order valence-corrected chi connectivity index (χ3v) is 5.17. The minimum Gasteiger partial charge on any atom is -0.427 e. The van der Waals surface area contributed by atoms with Crippen molar-refractivity contribution in [2.24, 2.45) is 0 Å². The van der Waals surface area contributed by atoms with Crippen molar-refractivity contribution in [2.75, 3.05) is 7.11 Å². The number of hydrogen-bond donors (Lipinski definition) is 1. The Balaban J connectivity index is 1.95. The zero-order chi connectivity index (χ0) is 17.5. The largest absolute Gasteiger partial charge is 0.427 e. The van der Waals surface area contributed by atoms with Gasteiger partial charge in [0.25, 0.3) is 0 Å². The quantitative estimate of drug-likeness (QED) is 0.744. The zero-order valence-corrected chi connectivity index (χ0v) is 15.5. The van der Waals surface area contributed by atoms with Gasteiger partial charge in [0.1, 0.15) is 5.78 Å². The zero-order valence-electron chi connectivity index (χ0n) is 15.5. The van der Waals surface area contributed by atoms with Crippen molar-refractivity contribution >= 4 is 13.4 Å². The summed E-state index contributed by atoms with van der Waals surface area (Å²) in [5, 5.41) is 3.13. The lowest BCUT2D eigenvalue weighted by atomic mass is 9.96. The van der Waals surface area contributed by atoms with Crippen LogP contribution in [0.1, 0.15) is 51.2 Å². The molecule has 0 aliphatic carbocycles. The highest BCUT2D eigenvalue weighted by Gasteiger charge is 2.24. The van der Waals surface area contributed by atoms with Crippen molar-refractivity contribution in [3.63, 3.8) is 0 Å². The van der Waals surface area contributed by atoms with Gasteiger partial charge >= 0.3 is 7.62 Å². The van der Waals surface area contributed by atoms with Gasteiger partial charge in [-0.15, -0.1) is 0 Å². The van der Waals surface area contributed by atoms with Crippen LogP contribution in [-0.2, 0) is 22.4 Å². The smallest absolute Gasteiger partial charge is 0.361 e. The SMILES string of the molecule is COBN[C@H](Cc1ccc(CN2[C@H](C)CCC[C@@H]2C)cc1)C(C)=O. The maximum Gasteiger partial charge on any atom is 0.361 e. The van der Waals surface area contributed by atoms with Gasteiger partial charge in [-0.05, 0) is 51.2 Å². The molecule has 0 unspecified atom stereocenters. The lowest BCUT2D eigenvalue weighted by Gasteiger charge is -2.39. The molecule has 2 rings (SSSR count). The van der Waals surface area contributed by atoms with Crippen LogP contribution in [0.3, 0.4) is 0 Å². The standard InChI is InChI=1S/C19H31BN2O2/c1-14-6-5-7-15(2)22(14)13-18-10-8-17(9-11-18)12-19(16(3)23)21-20-24-4/h8-11,14-15,19-21H,5-7,12-13H2,1-4H3/t14-,15+,19-/m1/s1. The van der Waals surface area contributed by atoms with Gasteiger partial charge in [-0.1, -0.05) is 30.7 Å². The van der Waals surface area contributed by atoms with Gasteiger partial charge in [0.15, 0.2) is 0 Å². The molecule has 1 aromatic carbocycles. The summed E-state index contributed by atoms with van der Waals surface area (Å²) in [6.07, 6.45) is 4.65. The molecule has 0 aromatic heterocycles. The molecule has 24 heavy (non-hydrogen) atoms. The molecule has 1 saturated heterocycles. The number of hydrogen-bond acceptors (Lipinski definition) is 4. The summed E-state index contributed by atoms with van der Waals surface area (Å²) in [7, 11) is 2.02. The summed E-state index contributed by atoms with van der Waals surface area (Å²) in [4.78, 5) is 14.3. The number of Topliss-reactive ketones (excluding diaryl/α,β-unsaturated/α-hetero) is 1. The first-order valence-electron chi connectivity index (χ1n) is 9.07. The molecule has 1 aliphatic heterocycles. The summed E-state index contributed by atoms with van der Waals surface area (Å²) >= 11 is 0. The number of likely N-dealkylation sites (tertiary alicyclic amines) is 1. The van der Waals surface area contributed by atoms with E-state index in [9.17, 15) is 4.79 Å². The number of benzene rings is 1. The van der Waals surface area contributed by atoms with E-state index >= 15 is 0 Å². The number of nitrogens with zero attached hydrogens (tertiary/aromatic N) is 1. The summed E-state index contributed by atoms with van der Waals surface area (Å²) in [6, 6.07) is 9.85. The minimum absolute atomic E-state index is 0.145. The van der Waals surface area contributed by atoms with Gasteiger partial charge in [0, 0.05) is 25.7 Å². The van der Waals surface area contributed by atoms with Gasteiger partial charge < -0.3 is 9.88 Å². The van der Waals surface area contributed by atoms with E-state index in [0.717, 1.165) is 6.54 Å². The van der Waals surface area contributed by atoms with E-state index in [1.54, 1.807) is 14.0 Å². The van der Waals surface area contributed by atoms with Crippen molar-refractivity contribution in [3.05, 3.63) is 35.4 Å². The molecule has 5 heteroatoms. The highest BCUT2D eigenvalue weighted by molar-refractivity contribution is 6.24. The van der Waals surface area contributed by atoms with Crippen LogP contribution in [0, 0.1) is 0 Å². The van der Waals surface area contributed by atoms with Gasteiger partial charge in [0.2, 0.25) is 0 Å². The summed E-state index contributed by atoms with van der Waals surface area (Å²) < 4.78 is 5.02. The second-order valence-corrected chi connectivity index (χ2v) is 7.12. The van der Waals surface area contributed by atoms with E-state index in [1.807, 2.05) is 0 Å². The Morgan fingerprint density at radius 3 is 2.38 bits per heavy atom. The molecular weight excluding hydrogens is 299 g/mol. The molecule has 0 bridgehead atoms. The van der Waals surface area contributed by atoms with Gasteiger partial charge in [-0.3, -0.25) is 9.69 Å². The second kappa shape index (κ2) is 9.35. The molecule has 0 amide bonds. The molecule has 0 spiro atoms. The predicted molar refractivity (Wildman–Crippen MR) is 100 cm³/mol. The van der Waals surface area contributed by atoms with Crippen molar-refractivity contribution in [2.45, 2.75) is 71.1 Å². The Morgan fingerprint density at radius 2 is 1.83 bits per heavy atom. The van der Waals surface area contributed by atoms with Crippen LogP contribution in [0.15, 0.2) is 24.3 Å². The number of rotatable bonds is 8. The van der Waals surface area contributed by atoms with Crippen LogP contribution in [0.25, 0.3) is 0 Å². The van der Waals surface area contributed by atoms with Crippen LogP contribution in [-0.4, -0.2) is 43.5 Å². The number of ketones is 1. The second-order valence-electron chi connectivity index (χ2n) is 7.12. The van der Waals surface area contributed by atoms with Gasteiger partial charge in [-0.25, -0.2) is 0 Å². The average molecular weight is 330 g/mol. The fourth-order valence-electron chi connectivity index (χ4n) is 3.56. The molecule has 4 nitrogen and oxygen atoms in total. The fraction of sp³-hybridized carbons (Fsp3) is 0.632. The van der Waals surface area contributed by atoms with Crippen LogP contribution in [0.2, 0.25) is 0 Å². The van der Waals surface area contributed by atoms with Crippen LogP contribution in [0.5, 0.6) is 0 Å². The molecular formula is C19H31BN2O2. The first-order valence-corrected chi connectivity index (χ1v) is 9.07. The summed E-state index contributed by atoms with van der Waals surface area (Å²) in [6.45, 7) is 7.31. The number of carbonyl (C=O) groups is 1. The Kier molecular flexibility index (Phi) is 7.47. The van der Waals surface area contributed by atoms with Crippen molar-refractivity contribution < 1.29 is 9.45 Å². The Hall–Kier alpha value is -1.17. The molecule has 1 fully saturated rings. The van der Waals surface area contributed by atoms with E-state index in [2.05, 4.69) is 48.2 Å². The maximum atomic E-state index is 11.7. The monoisotopic (exact) mass is 330 g/mol. The van der Waals surface area contributed by atoms with Gasteiger partial charge in [-0.2, -0.15) is 0 Å². The number of nitrogens with one attached hydrogen (secondary N) is 1. The summed E-state index contributed by atoms with van der Waals surface area (Å²) in [5.74, 6) is 0.145. The molecule has 1 aliphatic rings. The average Bonchev–Trinajstić information content (AvgIpc) is 2.56. The fourth-order valence-corrected chi connectivity index (χ4v) is 3.56. The molecule has 0 saturated carbocycles. The normalized spacial score (nSPS) is 23.0. The van der Waals surface area contributed by atoms with Crippen LogP contribution >= 0.6 is 0 Å². The van der Waals surface area contributed by atoms with E-state index in [-0.39, 0.29) is 11.8 Å². The van der Waals surface area contributed by atoms with E-state index < -0.39 is 0 Å². The number of piperidine rings is 1. The van der Waals surface area contributed by atoms with Crippen LogP contribution < -0.4 is 5.23 Å². The molecule has 1 aromatic rings. The Bertz CT molecular complexity index is 511.